The Morgan fingerprint density at radius 3 is 2.70 bits per heavy atom. The Morgan fingerprint density at radius 1 is 1.50 bits per heavy atom. The summed E-state index contributed by atoms with van der Waals surface area (Å²) in [5.74, 6) is 0. The predicted molar refractivity (Wildman–Crippen MR) is 47.6 cm³/mol. The second-order valence-electron chi connectivity index (χ2n) is 2.18. The molecule has 0 aromatic rings. The summed E-state index contributed by atoms with van der Waals surface area (Å²) < 4.78 is 0. The molecule has 0 aromatic carbocycles. The summed E-state index contributed by atoms with van der Waals surface area (Å²) in [5, 5.41) is 0. The molecule has 0 N–H and O–H groups in total. The highest BCUT2D eigenvalue weighted by atomic mass is 14.7. The van der Waals surface area contributed by atoms with Crippen molar-refractivity contribution in [2.45, 2.75) is 26.3 Å². The molecule has 1 unspecified atom stereocenters. The second-order valence-corrected chi connectivity index (χ2v) is 2.18. The van der Waals surface area contributed by atoms with Gasteiger partial charge in [0, 0.05) is 12.3 Å². The van der Waals surface area contributed by atoms with Gasteiger partial charge in [-0.3, -0.25) is 4.99 Å². The van der Waals surface area contributed by atoms with Crippen LogP contribution >= 0.6 is 0 Å². The minimum atomic E-state index is 0.439. The number of rotatable bonds is 4. The maximum atomic E-state index is 4.22. The number of aliphatic imine (C=N–C) groups is 1. The van der Waals surface area contributed by atoms with E-state index >= 15 is 0 Å². The van der Waals surface area contributed by atoms with Crippen LogP contribution in [0.4, 0.5) is 0 Å². The second kappa shape index (κ2) is 6.27. The van der Waals surface area contributed by atoms with E-state index in [1.165, 1.54) is 0 Å². The highest BCUT2D eigenvalue weighted by Crippen LogP contribution is 1.92. The number of hydrogen-bond acceptors (Lipinski definition) is 1. The molecular formula is C9H15N. The summed E-state index contributed by atoms with van der Waals surface area (Å²) in [5.41, 5.74) is 0. The van der Waals surface area contributed by atoms with Crippen LogP contribution in [-0.2, 0) is 0 Å². The van der Waals surface area contributed by atoms with Gasteiger partial charge in [-0.2, -0.15) is 0 Å². The average molecular weight is 137 g/mol. The van der Waals surface area contributed by atoms with Crippen molar-refractivity contribution >= 4 is 6.21 Å². The van der Waals surface area contributed by atoms with E-state index in [0.29, 0.717) is 6.04 Å². The van der Waals surface area contributed by atoms with Gasteiger partial charge in [0.25, 0.3) is 0 Å². The molecule has 0 saturated carbocycles. The Balaban J connectivity index is 3.54. The van der Waals surface area contributed by atoms with Crippen molar-refractivity contribution in [2.75, 3.05) is 0 Å². The highest BCUT2D eigenvalue weighted by molar-refractivity contribution is 5.71. The zero-order chi connectivity index (χ0) is 7.82. The van der Waals surface area contributed by atoms with Crippen molar-refractivity contribution in [1.82, 2.24) is 0 Å². The molecule has 0 rings (SSSR count). The van der Waals surface area contributed by atoms with E-state index in [2.05, 4.69) is 25.4 Å². The van der Waals surface area contributed by atoms with Gasteiger partial charge in [0.05, 0.1) is 0 Å². The first kappa shape index (κ1) is 9.15. The summed E-state index contributed by atoms with van der Waals surface area (Å²) in [6, 6.07) is 0.439. The Kier molecular flexibility index (Phi) is 5.74. The van der Waals surface area contributed by atoms with Crippen molar-refractivity contribution in [3.05, 3.63) is 24.8 Å². The largest absolute Gasteiger partial charge is 0.290 e. The first-order valence-electron chi connectivity index (χ1n) is 3.62. The van der Waals surface area contributed by atoms with E-state index in [1.807, 2.05) is 18.4 Å². The first-order valence-corrected chi connectivity index (χ1v) is 3.62. The molecule has 0 aromatic heterocycles. The maximum Gasteiger partial charge on any atom is 0.0468 e. The third kappa shape index (κ3) is 5.29. The lowest BCUT2D eigenvalue weighted by Crippen LogP contribution is -1.92. The van der Waals surface area contributed by atoms with E-state index in [9.17, 15) is 0 Å². The van der Waals surface area contributed by atoms with Crippen molar-refractivity contribution < 1.29 is 0 Å². The molecule has 0 aliphatic heterocycles. The van der Waals surface area contributed by atoms with Gasteiger partial charge in [0.1, 0.15) is 0 Å². The van der Waals surface area contributed by atoms with Gasteiger partial charge in [-0.05, 0) is 19.4 Å². The zero-order valence-corrected chi connectivity index (χ0v) is 6.75. The zero-order valence-electron chi connectivity index (χ0n) is 6.75. The van der Waals surface area contributed by atoms with Gasteiger partial charge in [-0.1, -0.05) is 25.7 Å². The molecule has 1 atom stereocenters. The molecule has 56 valence electrons. The Hall–Kier alpha value is -0.850. The molecule has 0 aliphatic rings. The van der Waals surface area contributed by atoms with Gasteiger partial charge in [-0.15, -0.1) is 0 Å². The van der Waals surface area contributed by atoms with Crippen LogP contribution in [0.2, 0.25) is 0 Å². The molecule has 0 saturated heterocycles. The first-order chi connectivity index (χ1) is 4.81. The lowest BCUT2D eigenvalue weighted by atomic mass is 10.3. The monoisotopic (exact) mass is 137 g/mol. The summed E-state index contributed by atoms with van der Waals surface area (Å²) >= 11 is 0. The Morgan fingerprint density at radius 2 is 2.20 bits per heavy atom. The third-order valence-electron chi connectivity index (χ3n) is 1.26. The van der Waals surface area contributed by atoms with E-state index in [1.54, 1.807) is 6.08 Å². The molecule has 0 heterocycles. The van der Waals surface area contributed by atoms with Crippen LogP contribution < -0.4 is 0 Å². The van der Waals surface area contributed by atoms with Crippen molar-refractivity contribution in [3.63, 3.8) is 0 Å². The fraction of sp³-hybridized carbons (Fsp3) is 0.444. The third-order valence-corrected chi connectivity index (χ3v) is 1.26. The van der Waals surface area contributed by atoms with E-state index in [0.717, 1.165) is 6.42 Å². The molecule has 0 amide bonds. The highest BCUT2D eigenvalue weighted by Gasteiger charge is 1.87. The number of allylic oxidation sites excluding steroid dienone is 3. The van der Waals surface area contributed by atoms with Gasteiger partial charge >= 0.3 is 0 Å². The molecule has 0 spiro atoms. The minimum Gasteiger partial charge on any atom is -0.290 e. The van der Waals surface area contributed by atoms with Crippen molar-refractivity contribution in [1.29, 1.82) is 0 Å². The molecule has 1 heteroatoms. The van der Waals surface area contributed by atoms with Crippen LogP contribution in [0.15, 0.2) is 29.8 Å². The fourth-order valence-corrected chi connectivity index (χ4v) is 0.430. The van der Waals surface area contributed by atoms with Gasteiger partial charge in [0.2, 0.25) is 0 Å². The summed E-state index contributed by atoms with van der Waals surface area (Å²) in [6.07, 6.45) is 8.40. The number of nitrogens with zero attached hydrogens (tertiary/aromatic N) is 1. The van der Waals surface area contributed by atoms with Gasteiger partial charge < -0.3 is 0 Å². The van der Waals surface area contributed by atoms with Crippen LogP contribution in [0.5, 0.6) is 0 Å². The normalized spacial score (nSPS) is 14.6. The summed E-state index contributed by atoms with van der Waals surface area (Å²) in [6.45, 7) is 7.77. The standard InChI is InChI=1S/C9H15N/c1-4-6-7-8-10-9(3)5-2/h4,6-9H,1,5H2,2-3H3/b7-6-,10-8?. The lowest BCUT2D eigenvalue weighted by Gasteiger charge is -1.96. The van der Waals surface area contributed by atoms with Gasteiger partial charge in [0.15, 0.2) is 0 Å². The molecule has 0 bridgehead atoms. The van der Waals surface area contributed by atoms with Crippen LogP contribution in [0.25, 0.3) is 0 Å². The SMILES string of the molecule is C=C/C=C\C=NC(C)CC. The molecule has 10 heavy (non-hydrogen) atoms. The van der Waals surface area contributed by atoms with E-state index in [-0.39, 0.29) is 0 Å². The lowest BCUT2D eigenvalue weighted by molar-refractivity contribution is 0.721. The summed E-state index contributed by atoms with van der Waals surface area (Å²) in [4.78, 5) is 4.22. The van der Waals surface area contributed by atoms with E-state index in [4.69, 9.17) is 0 Å². The van der Waals surface area contributed by atoms with Crippen LogP contribution in [-0.4, -0.2) is 12.3 Å². The minimum absolute atomic E-state index is 0.439. The quantitative estimate of drug-likeness (QED) is 0.417. The van der Waals surface area contributed by atoms with Crippen LogP contribution in [0.1, 0.15) is 20.3 Å². The molecule has 1 nitrogen and oxygen atoms in total. The predicted octanol–water partition coefficient (Wildman–Crippen LogP) is 2.60. The van der Waals surface area contributed by atoms with Gasteiger partial charge in [-0.25, -0.2) is 0 Å². The Bertz CT molecular complexity index is 134. The van der Waals surface area contributed by atoms with E-state index < -0.39 is 0 Å². The molecular weight excluding hydrogens is 122 g/mol. The Labute approximate surface area is 63.2 Å². The average Bonchev–Trinajstić information content (AvgIpc) is 1.98. The molecule has 0 radical (unpaired) electrons. The molecule has 0 fully saturated rings. The van der Waals surface area contributed by atoms with Crippen molar-refractivity contribution in [2.24, 2.45) is 4.99 Å². The maximum absolute atomic E-state index is 4.22. The van der Waals surface area contributed by atoms with Crippen LogP contribution in [0.3, 0.4) is 0 Å². The summed E-state index contributed by atoms with van der Waals surface area (Å²) in [7, 11) is 0. The van der Waals surface area contributed by atoms with Crippen LogP contribution in [0, 0.1) is 0 Å². The smallest absolute Gasteiger partial charge is 0.0468 e. The van der Waals surface area contributed by atoms with Crippen molar-refractivity contribution in [3.8, 4) is 0 Å². The fourth-order valence-electron chi connectivity index (χ4n) is 0.430. The number of hydrogen-bond donors (Lipinski definition) is 0. The molecule has 0 aliphatic carbocycles. The topological polar surface area (TPSA) is 12.4 Å².